The minimum atomic E-state index is -0.525. The molecule has 0 saturated carbocycles. The lowest BCUT2D eigenvalue weighted by molar-refractivity contribution is -0.135. The molecule has 1 aliphatic heterocycles. The monoisotopic (exact) mass is 339 g/mol. The third kappa shape index (κ3) is 3.84. The average molecular weight is 340 g/mol. The highest BCUT2D eigenvalue weighted by Crippen LogP contribution is 2.22. The van der Waals surface area contributed by atoms with Crippen LogP contribution in [0.5, 0.6) is 0 Å². The summed E-state index contributed by atoms with van der Waals surface area (Å²) in [5.41, 5.74) is 1.10. The zero-order valence-corrected chi connectivity index (χ0v) is 12.3. The molecule has 1 aliphatic rings. The third-order valence-corrected chi connectivity index (χ3v) is 3.49. The van der Waals surface area contributed by atoms with E-state index >= 15 is 0 Å². The first-order valence-corrected chi connectivity index (χ1v) is 6.91. The number of carbonyl (C=O) groups is 2. The smallest absolute Gasteiger partial charge is 0.411 e. The van der Waals surface area contributed by atoms with Crippen molar-refractivity contribution in [1.82, 2.24) is 0 Å². The Morgan fingerprint density at radius 1 is 1.45 bits per heavy atom. The normalized spacial score (nSPS) is 17.8. The highest BCUT2D eigenvalue weighted by molar-refractivity contribution is 9.10. The summed E-state index contributed by atoms with van der Waals surface area (Å²) < 4.78 is 10.8. The Kier molecular flexibility index (Phi) is 4.79. The van der Waals surface area contributed by atoms with Crippen LogP contribution in [0.25, 0.3) is 0 Å². The van der Waals surface area contributed by atoms with Gasteiger partial charge in [-0.3, -0.25) is 5.32 Å². The van der Waals surface area contributed by atoms with Crippen molar-refractivity contribution in [2.75, 3.05) is 18.5 Å². The lowest BCUT2D eigenvalue weighted by Gasteiger charge is -2.09. The Hall–Kier alpha value is -1.82. The van der Waals surface area contributed by atoms with E-state index in [0.29, 0.717) is 24.3 Å². The molecule has 20 heavy (non-hydrogen) atoms. The summed E-state index contributed by atoms with van der Waals surface area (Å²) in [6.45, 7) is 4.18. The lowest BCUT2D eigenvalue weighted by atomic mass is 10.0. The Bertz CT molecular complexity index is 526. The van der Waals surface area contributed by atoms with Crippen molar-refractivity contribution in [2.45, 2.75) is 6.42 Å². The van der Waals surface area contributed by atoms with Gasteiger partial charge in [-0.05, 0) is 30.7 Å². The minimum absolute atomic E-state index is 0.0667. The van der Waals surface area contributed by atoms with Crippen molar-refractivity contribution < 1.29 is 19.1 Å². The number of hydrogen-bond acceptors (Lipinski definition) is 4. The third-order valence-electron chi connectivity index (χ3n) is 2.96. The predicted molar refractivity (Wildman–Crippen MR) is 77.3 cm³/mol. The molecule has 1 heterocycles. The zero-order valence-electron chi connectivity index (χ0n) is 10.7. The number of carbonyl (C=O) groups excluding carboxylic acids is 2. The minimum Gasteiger partial charge on any atom is -0.462 e. The van der Waals surface area contributed by atoms with Gasteiger partial charge in [0, 0.05) is 21.7 Å². The molecule has 1 amide bonds. The summed E-state index contributed by atoms with van der Waals surface area (Å²) in [6, 6.07) is 7.16. The van der Waals surface area contributed by atoms with Crippen LogP contribution in [0.15, 0.2) is 40.9 Å². The molecule has 1 saturated heterocycles. The summed E-state index contributed by atoms with van der Waals surface area (Å²) in [5, 5.41) is 2.61. The Labute approximate surface area is 125 Å². The van der Waals surface area contributed by atoms with E-state index in [-0.39, 0.29) is 18.5 Å². The first kappa shape index (κ1) is 14.6. The van der Waals surface area contributed by atoms with Crippen molar-refractivity contribution >= 4 is 33.7 Å². The van der Waals surface area contributed by atoms with Crippen LogP contribution in [0.3, 0.4) is 0 Å². The number of rotatable bonds is 4. The van der Waals surface area contributed by atoms with Gasteiger partial charge in [-0.1, -0.05) is 22.5 Å². The molecular formula is C14H14BrNO4. The number of nitrogens with one attached hydrogen (secondary N) is 1. The molecule has 1 aromatic rings. The summed E-state index contributed by atoms with van der Waals surface area (Å²) >= 11 is 3.31. The topological polar surface area (TPSA) is 64.6 Å². The highest BCUT2D eigenvalue weighted by Gasteiger charge is 2.28. The SMILES string of the molecule is C=C1C(=O)OC[C@@H]1CCOC(=O)Nc1ccc(Br)cc1. The molecular weight excluding hydrogens is 326 g/mol. The lowest BCUT2D eigenvalue weighted by Crippen LogP contribution is -2.16. The summed E-state index contributed by atoms with van der Waals surface area (Å²) in [6.07, 6.45) is 0.00129. The van der Waals surface area contributed by atoms with Crippen LogP contribution in [-0.4, -0.2) is 25.3 Å². The standard InChI is InChI=1S/C14H14BrNO4/c1-9-10(8-20-13(9)17)6-7-19-14(18)16-12-4-2-11(15)3-5-12/h2-5,10H,1,6-8H2,(H,16,18)/t10-/m0/s1. The fraction of sp³-hybridized carbons (Fsp3) is 0.286. The number of hydrogen-bond donors (Lipinski definition) is 1. The molecule has 0 aromatic heterocycles. The van der Waals surface area contributed by atoms with Crippen LogP contribution in [0.4, 0.5) is 10.5 Å². The average Bonchev–Trinajstić information content (AvgIpc) is 2.73. The van der Waals surface area contributed by atoms with E-state index in [9.17, 15) is 9.59 Å². The van der Waals surface area contributed by atoms with Crippen LogP contribution < -0.4 is 5.32 Å². The van der Waals surface area contributed by atoms with Gasteiger partial charge in [-0.2, -0.15) is 0 Å². The van der Waals surface area contributed by atoms with E-state index in [1.54, 1.807) is 12.1 Å². The number of cyclic esters (lactones) is 1. The van der Waals surface area contributed by atoms with Crippen LogP contribution in [0, 0.1) is 5.92 Å². The maximum atomic E-state index is 11.6. The molecule has 1 aromatic carbocycles. The number of amides is 1. The molecule has 2 rings (SSSR count). The highest BCUT2D eigenvalue weighted by atomic mass is 79.9. The second-order valence-electron chi connectivity index (χ2n) is 4.38. The van der Waals surface area contributed by atoms with E-state index in [2.05, 4.69) is 27.8 Å². The van der Waals surface area contributed by atoms with E-state index < -0.39 is 6.09 Å². The maximum absolute atomic E-state index is 11.6. The van der Waals surface area contributed by atoms with Gasteiger partial charge in [0.2, 0.25) is 0 Å². The summed E-state index contributed by atoms with van der Waals surface area (Å²) in [7, 11) is 0. The van der Waals surface area contributed by atoms with Gasteiger partial charge in [0.15, 0.2) is 0 Å². The van der Waals surface area contributed by atoms with Gasteiger partial charge >= 0.3 is 12.1 Å². The molecule has 1 atom stereocenters. The second-order valence-corrected chi connectivity index (χ2v) is 5.29. The molecule has 106 valence electrons. The molecule has 1 N–H and O–H groups in total. The zero-order chi connectivity index (χ0) is 14.5. The number of halogens is 1. The Balaban J connectivity index is 1.71. The fourth-order valence-corrected chi connectivity index (χ4v) is 2.04. The molecule has 0 spiro atoms. The quantitative estimate of drug-likeness (QED) is 0.676. The molecule has 0 bridgehead atoms. The molecule has 0 radical (unpaired) electrons. The molecule has 0 aliphatic carbocycles. The molecule has 6 heteroatoms. The van der Waals surface area contributed by atoms with E-state index in [0.717, 1.165) is 4.47 Å². The van der Waals surface area contributed by atoms with Gasteiger partial charge in [-0.25, -0.2) is 9.59 Å². The number of esters is 1. The van der Waals surface area contributed by atoms with E-state index in [1.165, 1.54) is 0 Å². The predicted octanol–water partition coefficient (Wildman–Crippen LogP) is 3.12. The van der Waals surface area contributed by atoms with Crippen LogP contribution in [0.2, 0.25) is 0 Å². The Morgan fingerprint density at radius 2 is 2.15 bits per heavy atom. The fourth-order valence-electron chi connectivity index (χ4n) is 1.77. The van der Waals surface area contributed by atoms with Gasteiger partial charge in [0.05, 0.1) is 13.2 Å². The van der Waals surface area contributed by atoms with E-state index in [4.69, 9.17) is 9.47 Å². The van der Waals surface area contributed by atoms with E-state index in [1.807, 2.05) is 12.1 Å². The number of ether oxygens (including phenoxy) is 2. The molecule has 0 unspecified atom stereocenters. The summed E-state index contributed by atoms with van der Waals surface area (Å²) in [4.78, 5) is 22.7. The van der Waals surface area contributed by atoms with Crippen molar-refractivity contribution in [3.63, 3.8) is 0 Å². The van der Waals surface area contributed by atoms with Gasteiger partial charge < -0.3 is 9.47 Å². The van der Waals surface area contributed by atoms with Crippen molar-refractivity contribution in [2.24, 2.45) is 5.92 Å². The molecule has 1 fully saturated rings. The van der Waals surface area contributed by atoms with Crippen molar-refractivity contribution in [1.29, 1.82) is 0 Å². The molecule has 5 nitrogen and oxygen atoms in total. The van der Waals surface area contributed by atoms with Crippen molar-refractivity contribution in [3.05, 3.63) is 40.9 Å². The maximum Gasteiger partial charge on any atom is 0.411 e. The van der Waals surface area contributed by atoms with Gasteiger partial charge in [0.1, 0.15) is 0 Å². The number of benzene rings is 1. The van der Waals surface area contributed by atoms with Gasteiger partial charge in [-0.15, -0.1) is 0 Å². The van der Waals surface area contributed by atoms with Crippen LogP contribution in [0.1, 0.15) is 6.42 Å². The first-order chi connectivity index (χ1) is 9.56. The van der Waals surface area contributed by atoms with Gasteiger partial charge in [0.25, 0.3) is 0 Å². The Morgan fingerprint density at radius 3 is 2.75 bits per heavy atom. The van der Waals surface area contributed by atoms with Crippen molar-refractivity contribution in [3.8, 4) is 0 Å². The van der Waals surface area contributed by atoms with Crippen LogP contribution >= 0.6 is 15.9 Å². The second kappa shape index (κ2) is 6.56. The number of anilines is 1. The summed E-state index contributed by atoms with van der Waals surface area (Å²) in [5.74, 6) is -0.433. The van der Waals surface area contributed by atoms with Crippen LogP contribution in [-0.2, 0) is 14.3 Å². The first-order valence-electron chi connectivity index (χ1n) is 6.11. The largest absolute Gasteiger partial charge is 0.462 e.